The lowest BCUT2D eigenvalue weighted by Crippen LogP contribution is -2.49. The Labute approximate surface area is 216 Å². The number of furan rings is 1. The van der Waals surface area contributed by atoms with Gasteiger partial charge in [-0.15, -0.1) is 10.2 Å². The average Bonchev–Trinajstić information content (AvgIpc) is 3.69. The molecule has 2 aliphatic rings. The van der Waals surface area contributed by atoms with Gasteiger partial charge in [0.2, 0.25) is 11.7 Å². The second kappa shape index (κ2) is 11.2. The third kappa shape index (κ3) is 6.07. The molecule has 0 unspecified atom stereocenters. The molecule has 0 bridgehead atoms. The molecule has 1 N–H and O–H groups in total. The van der Waals surface area contributed by atoms with E-state index in [4.69, 9.17) is 9.15 Å². The smallest absolute Gasteiger partial charge is 0.250 e. The molecule has 3 aromatic rings. The van der Waals surface area contributed by atoms with Gasteiger partial charge in [0.1, 0.15) is 18.1 Å². The first-order valence-corrected chi connectivity index (χ1v) is 13.1. The Morgan fingerprint density at radius 2 is 1.86 bits per heavy atom. The van der Waals surface area contributed by atoms with Crippen molar-refractivity contribution < 1.29 is 18.7 Å². The van der Waals surface area contributed by atoms with Crippen molar-refractivity contribution >= 4 is 11.8 Å². The number of hydrogen-bond donors (Lipinski definition) is 1. The fourth-order valence-corrected chi connectivity index (χ4v) is 5.07. The first-order chi connectivity index (χ1) is 18.0. The zero-order valence-electron chi connectivity index (χ0n) is 21.4. The molecule has 2 fully saturated rings. The van der Waals surface area contributed by atoms with Crippen molar-refractivity contribution in [2.75, 3.05) is 13.2 Å². The van der Waals surface area contributed by atoms with E-state index in [-0.39, 0.29) is 37.0 Å². The van der Waals surface area contributed by atoms with Crippen molar-refractivity contribution in [2.24, 2.45) is 0 Å². The van der Waals surface area contributed by atoms with E-state index >= 15 is 0 Å². The molecule has 1 aromatic carbocycles. The minimum absolute atomic E-state index is 0.111. The third-order valence-electron chi connectivity index (χ3n) is 7.08. The fourth-order valence-electron chi connectivity index (χ4n) is 5.07. The summed E-state index contributed by atoms with van der Waals surface area (Å²) in [5.74, 6) is 1.02. The lowest BCUT2D eigenvalue weighted by atomic mass is 10.1. The molecule has 1 saturated carbocycles. The molecule has 196 valence electrons. The summed E-state index contributed by atoms with van der Waals surface area (Å²) in [7, 11) is 0. The summed E-state index contributed by atoms with van der Waals surface area (Å²) in [5, 5.41) is 15.8. The fraction of sp³-hybridized carbons (Fsp3) is 0.519. The van der Waals surface area contributed by atoms with Crippen molar-refractivity contribution in [3.8, 4) is 11.4 Å². The Balaban J connectivity index is 1.40. The Hall–Kier alpha value is -3.53. The lowest BCUT2D eigenvalue weighted by Gasteiger charge is -2.32. The quantitative estimate of drug-likeness (QED) is 0.473. The third-order valence-corrected chi connectivity index (χ3v) is 7.08. The van der Waals surface area contributed by atoms with Gasteiger partial charge in [0.25, 0.3) is 5.91 Å². The Morgan fingerprint density at radius 1 is 1.08 bits per heavy atom. The van der Waals surface area contributed by atoms with Crippen molar-refractivity contribution in [1.82, 2.24) is 30.4 Å². The Bertz CT molecular complexity index is 1210. The second-order valence-corrected chi connectivity index (χ2v) is 10.0. The number of carbonyl (C=O) groups excluding carboxylic acids is 2. The maximum atomic E-state index is 13.8. The SMILES string of the molecule is Cc1ccc(-c2nnn(CC(=O)N(C[C@H]3CCCO3)[C@@H](C(=O)NC3CCCC3)c3ccc(C)o3)n2)cc1. The average molecular weight is 507 g/mol. The molecule has 2 aromatic heterocycles. The molecule has 1 aliphatic heterocycles. The van der Waals surface area contributed by atoms with Crippen LogP contribution < -0.4 is 5.32 Å². The van der Waals surface area contributed by atoms with E-state index in [2.05, 4.69) is 20.7 Å². The second-order valence-electron chi connectivity index (χ2n) is 10.0. The molecule has 10 nitrogen and oxygen atoms in total. The number of nitrogens with zero attached hydrogens (tertiary/aromatic N) is 5. The summed E-state index contributed by atoms with van der Waals surface area (Å²) >= 11 is 0. The van der Waals surface area contributed by atoms with Crippen LogP contribution in [0.15, 0.2) is 40.8 Å². The van der Waals surface area contributed by atoms with E-state index in [1.807, 2.05) is 44.2 Å². The number of amides is 2. The van der Waals surface area contributed by atoms with Crippen LogP contribution in [0, 0.1) is 13.8 Å². The van der Waals surface area contributed by atoms with Crippen LogP contribution in [-0.2, 0) is 20.9 Å². The molecule has 2 atom stereocenters. The highest BCUT2D eigenvalue weighted by atomic mass is 16.5. The van der Waals surface area contributed by atoms with Crippen LogP contribution in [-0.4, -0.2) is 62.2 Å². The van der Waals surface area contributed by atoms with Gasteiger partial charge in [-0.2, -0.15) is 4.80 Å². The highest BCUT2D eigenvalue weighted by Crippen LogP contribution is 2.28. The molecular weight excluding hydrogens is 472 g/mol. The normalized spacial score (nSPS) is 18.7. The lowest BCUT2D eigenvalue weighted by molar-refractivity contribution is -0.144. The van der Waals surface area contributed by atoms with Crippen LogP contribution in [0.1, 0.15) is 61.7 Å². The van der Waals surface area contributed by atoms with Crippen LogP contribution in [0.25, 0.3) is 11.4 Å². The maximum Gasteiger partial charge on any atom is 0.250 e. The number of benzene rings is 1. The van der Waals surface area contributed by atoms with E-state index in [0.29, 0.717) is 24.0 Å². The topological polar surface area (TPSA) is 115 Å². The molecule has 0 radical (unpaired) electrons. The number of nitrogens with one attached hydrogen (secondary N) is 1. The summed E-state index contributed by atoms with van der Waals surface area (Å²) < 4.78 is 11.8. The van der Waals surface area contributed by atoms with Crippen molar-refractivity contribution in [3.05, 3.63) is 53.5 Å². The van der Waals surface area contributed by atoms with Gasteiger partial charge in [-0.05, 0) is 56.9 Å². The molecule has 5 rings (SSSR count). The van der Waals surface area contributed by atoms with Crippen LogP contribution in [0.3, 0.4) is 0 Å². The van der Waals surface area contributed by atoms with Gasteiger partial charge in [0, 0.05) is 24.8 Å². The number of hydrogen-bond acceptors (Lipinski definition) is 7. The number of ether oxygens (including phenoxy) is 1. The Kier molecular flexibility index (Phi) is 7.64. The molecule has 10 heteroatoms. The van der Waals surface area contributed by atoms with E-state index in [1.54, 1.807) is 11.0 Å². The van der Waals surface area contributed by atoms with E-state index in [1.165, 1.54) is 4.80 Å². The largest absolute Gasteiger partial charge is 0.464 e. The van der Waals surface area contributed by atoms with E-state index in [0.717, 1.165) is 49.7 Å². The first-order valence-electron chi connectivity index (χ1n) is 13.1. The van der Waals surface area contributed by atoms with Gasteiger partial charge in [0.15, 0.2) is 6.04 Å². The summed E-state index contributed by atoms with van der Waals surface area (Å²) in [4.78, 5) is 30.3. The molecule has 3 heterocycles. The van der Waals surface area contributed by atoms with Gasteiger partial charge in [0.05, 0.1) is 6.10 Å². The monoisotopic (exact) mass is 506 g/mol. The summed E-state index contributed by atoms with van der Waals surface area (Å²) in [6, 6.07) is 10.6. The van der Waals surface area contributed by atoms with Gasteiger partial charge in [-0.25, -0.2) is 0 Å². The predicted molar refractivity (Wildman–Crippen MR) is 135 cm³/mol. The van der Waals surface area contributed by atoms with Gasteiger partial charge in [-0.1, -0.05) is 42.7 Å². The molecular formula is C27H34N6O4. The molecule has 37 heavy (non-hydrogen) atoms. The maximum absolute atomic E-state index is 13.8. The van der Waals surface area contributed by atoms with Crippen molar-refractivity contribution in [3.63, 3.8) is 0 Å². The number of carbonyl (C=O) groups is 2. The Morgan fingerprint density at radius 3 is 2.54 bits per heavy atom. The summed E-state index contributed by atoms with van der Waals surface area (Å²) in [6.07, 6.45) is 5.69. The van der Waals surface area contributed by atoms with Crippen LogP contribution in [0.5, 0.6) is 0 Å². The first kappa shape index (κ1) is 25.1. The van der Waals surface area contributed by atoms with E-state index < -0.39 is 6.04 Å². The minimum atomic E-state index is -0.911. The highest BCUT2D eigenvalue weighted by Gasteiger charge is 2.37. The van der Waals surface area contributed by atoms with Crippen molar-refractivity contribution in [2.45, 2.75) is 77.1 Å². The van der Waals surface area contributed by atoms with Crippen LogP contribution >= 0.6 is 0 Å². The number of rotatable bonds is 9. The van der Waals surface area contributed by atoms with Gasteiger partial charge < -0.3 is 19.4 Å². The zero-order chi connectivity index (χ0) is 25.8. The van der Waals surface area contributed by atoms with E-state index in [9.17, 15) is 9.59 Å². The minimum Gasteiger partial charge on any atom is -0.464 e. The predicted octanol–water partition coefficient (Wildman–Crippen LogP) is 3.36. The zero-order valence-corrected chi connectivity index (χ0v) is 21.4. The summed E-state index contributed by atoms with van der Waals surface area (Å²) in [5.41, 5.74) is 1.95. The molecule has 1 saturated heterocycles. The number of aromatic nitrogens is 4. The van der Waals surface area contributed by atoms with Gasteiger partial charge in [-0.3, -0.25) is 9.59 Å². The standard InChI is InChI=1S/C27H34N6O4/c1-18-9-12-20(13-10-18)26-29-31-33(30-26)17-24(34)32(16-22-8-5-15-36-22)25(23-14-11-19(2)37-23)27(35)28-21-6-3-4-7-21/h9-14,21-22,25H,3-8,15-17H2,1-2H3,(H,28,35)/t22-,25-/m1/s1. The highest BCUT2D eigenvalue weighted by molar-refractivity contribution is 5.88. The van der Waals surface area contributed by atoms with Gasteiger partial charge >= 0.3 is 0 Å². The van der Waals surface area contributed by atoms with Crippen molar-refractivity contribution in [1.29, 1.82) is 0 Å². The summed E-state index contributed by atoms with van der Waals surface area (Å²) in [6.45, 7) is 4.61. The van der Waals surface area contributed by atoms with Crippen LogP contribution in [0.4, 0.5) is 0 Å². The molecule has 0 spiro atoms. The molecule has 2 amide bonds. The molecule has 1 aliphatic carbocycles. The number of tetrazole rings is 1. The van der Waals surface area contributed by atoms with Crippen LogP contribution in [0.2, 0.25) is 0 Å². The number of aryl methyl sites for hydroxylation is 2.